The number of carbonyl (C=O) groups excluding carboxylic acids is 1. The van der Waals surface area contributed by atoms with Crippen molar-refractivity contribution in [3.8, 4) is 0 Å². The van der Waals surface area contributed by atoms with E-state index >= 15 is 0 Å². The fraction of sp³-hybridized carbons (Fsp3) is 0.333. The van der Waals surface area contributed by atoms with Crippen LogP contribution in [0.15, 0.2) is 30.3 Å². The molecule has 0 aliphatic carbocycles. The standard InChI is InChI=1S/C18H20ClN5O3/c1-13-16(18(19)21(2)20-13)7-8-17(25)23-11-9-22(10-12-23)14-3-5-15(6-4-14)24(26)27/h3-8H,9-12H2,1-2H3/b8-7+. The minimum atomic E-state index is -0.414. The normalized spacial score (nSPS) is 14.8. The van der Waals surface area contributed by atoms with E-state index in [0.717, 1.165) is 16.9 Å². The lowest BCUT2D eigenvalue weighted by molar-refractivity contribution is -0.384. The number of nitrogens with zero attached hydrogens (tertiary/aromatic N) is 5. The number of nitro groups is 1. The van der Waals surface area contributed by atoms with Gasteiger partial charge >= 0.3 is 0 Å². The largest absolute Gasteiger partial charge is 0.368 e. The third kappa shape index (κ3) is 4.11. The highest BCUT2D eigenvalue weighted by Crippen LogP contribution is 2.22. The van der Waals surface area contributed by atoms with Crippen molar-refractivity contribution in [1.29, 1.82) is 0 Å². The van der Waals surface area contributed by atoms with Crippen LogP contribution in [0.2, 0.25) is 5.15 Å². The molecule has 0 spiro atoms. The van der Waals surface area contributed by atoms with Crippen molar-refractivity contribution in [1.82, 2.24) is 14.7 Å². The van der Waals surface area contributed by atoms with Gasteiger partial charge in [-0.25, -0.2) is 0 Å². The molecule has 3 rings (SSSR count). The van der Waals surface area contributed by atoms with Crippen molar-refractivity contribution < 1.29 is 9.72 Å². The first-order valence-corrected chi connectivity index (χ1v) is 8.90. The van der Waals surface area contributed by atoms with Crippen LogP contribution in [0.4, 0.5) is 11.4 Å². The maximum atomic E-state index is 12.4. The Morgan fingerprint density at radius 3 is 2.37 bits per heavy atom. The number of hydrogen-bond donors (Lipinski definition) is 0. The molecule has 0 saturated carbocycles. The highest BCUT2D eigenvalue weighted by Gasteiger charge is 2.20. The maximum Gasteiger partial charge on any atom is 0.269 e. The second kappa shape index (κ2) is 7.79. The number of aromatic nitrogens is 2. The van der Waals surface area contributed by atoms with E-state index < -0.39 is 4.92 Å². The predicted octanol–water partition coefficient (Wildman–Crippen LogP) is 2.65. The molecule has 1 amide bonds. The minimum absolute atomic E-state index is 0.0713. The third-order valence-electron chi connectivity index (χ3n) is 4.61. The molecule has 1 aliphatic rings. The van der Waals surface area contributed by atoms with Crippen molar-refractivity contribution >= 4 is 35.0 Å². The maximum absolute atomic E-state index is 12.4. The molecule has 0 bridgehead atoms. The van der Waals surface area contributed by atoms with E-state index in [0.29, 0.717) is 31.3 Å². The summed E-state index contributed by atoms with van der Waals surface area (Å²) in [6, 6.07) is 6.47. The van der Waals surface area contributed by atoms with Gasteiger partial charge in [0.15, 0.2) is 0 Å². The average molecular weight is 390 g/mol. The first-order valence-electron chi connectivity index (χ1n) is 8.52. The molecule has 2 heterocycles. The molecule has 0 unspecified atom stereocenters. The Morgan fingerprint density at radius 1 is 1.22 bits per heavy atom. The van der Waals surface area contributed by atoms with Gasteiger partial charge in [0.1, 0.15) is 5.15 Å². The van der Waals surface area contributed by atoms with Crippen LogP contribution in [0.1, 0.15) is 11.3 Å². The van der Waals surface area contributed by atoms with Gasteiger partial charge in [-0.2, -0.15) is 5.10 Å². The zero-order valence-electron chi connectivity index (χ0n) is 15.1. The van der Waals surface area contributed by atoms with E-state index in [1.54, 1.807) is 34.8 Å². The Bertz CT molecular complexity index is 883. The van der Waals surface area contributed by atoms with Crippen molar-refractivity contribution in [2.24, 2.45) is 7.05 Å². The topological polar surface area (TPSA) is 84.5 Å². The Hall–Kier alpha value is -2.87. The van der Waals surface area contributed by atoms with E-state index in [1.807, 2.05) is 6.92 Å². The minimum Gasteiger partial charge on any atom is -0.368 e. The zero-order valence-corrected chi connectivity index (χ0v) is 15.9. The number of aryl methyl sites for hydroxylation is 2. The summed E-state index contributed by atoms with van der Waals surface area (Å²) in [5, 5.41) is 15.5. The number of benzene rings is 1. The summed E-state index contributed by atoms with van der Waals surface area (Å²) in [7, 11) is 1.76. The van der Waals surface area contributed by atoms with Crippen LogP contribution in [0, 0.1) is 17.0 Å². The number of nitro benzene ring substituents is 1. The molecule has 0 radical (unpaired) electrons. The summed E-state index contributed by atoms with van der Waals surface area (Å²) in [6.07, 6.45) is 3.23. The molecule has 2 aromatic rings. The number of halogens is 1. The highest BCUT2D eigenvalue weighted by atomic mass is 35.5. The molecule has 1 aromatic heterocycles. The molecular weight excluding hydrogens is 370 g/mol. The van der Waals surface area contributed by atoms with Crippen LogP contribution in [-0.4, -0.2) is 51.7 Å². The fourth-order valence-electron chi connectivity index (χ4n) is 3.07. The van der Waals surface area contributed by atoms with Gasteiger partial charge in [-0.05, 0) is 25.1 Å². The Labute approximate surface area is 161 Å². The van der Waals surface area contributed by atoms with Crippen molar-refractivity contribution in [2.45, 2.75) is 6.92 Å². The summed E-state index contributed by atoms with van der Waals surface area (Å²) in [4.78, 5) is 26.7. The molecule has 1 saturated heterocycles. The first kappa shape index (κ1) is 18.9. The molecule has 27 heavy (non-hydrogen) atoms. The summed E-state index contributed by atoms with van der Waals surface area (Å²) < 4.78 is 1.57. The lowest BCUT2D eigenvalue weighted by atomic mass is 10.2. The van der Waals surface area contributed by atoms with Gasteiger partial charge in [0.25, 0.3) is 5.69 Å². The van der Waals surface area contributed by atoms with Crippen LogP contribution < -0.4 is 4.90 Å². The quantitative estimate of drug-likeness (QED) is 0.456. The number of piperazine rings is 1. The van der Waals surface area contributed by atoms with Gasteiger partial charge in [0, 0.05) is 62.7 Å². The van der Waals surface area contributed by atoms with Gasteiger partial charge in [-0.15, -0.1) is 0 Å². The molecule has 1 aromatic carbocycles. The third-order valence-corrected chi connectivity index (χ3v) is 5.05. The second-order valence-corrected chi connectivity index (χ2v) is 6.69. The second-order valence-electron chi connectivity index (χ2n) is 6.33. The SMILES string of the molecule is Cc1nn(C)c(Cl)c1/C=C/C(=O)N1CCN(c2ccc([N+](=O)[O-])cc2)CC1. The summed E-state index contributed by atoms with van der Waals surface area (Å²) in [6.45, 7) is 4.35. The lowest BCUT2D eigenvalue weighted by Crippen LogP contribution is -2.48. The van der Waals surface area contributed by atoms with Gasteiger partial charge < -0.3 is 9.80 Å². The van der Waals surface area contributed by atoms with Crippen molar-refractivity contribution in [3.63, 3.8) is 0 Å². The van der Waals surface area contributed by atoms with E-state index in [1.165, 1.54) is 18.2 Å². The smallest absolute Gasteiger partial charge is 0.269 e. The average Bonchev–Trinajstić information content (AvgIpc) is 2.91. The fourth-order valence-corrected chi connectivity index (χ4v) is 3.30. The van der Waals surface area contributed by atoms with Crippen molar-refractivity contribution in [3.05, 3.63) is 56.9 Å². The van der Waals surface area contributed by atoms with Crippen molar-refractivity contribution in [2.75, 3.05) is 31.1 Å². The summed E-state index contributed by atoms with van der Waals surface area (Å²) >= 11 is 6.18. The first-order chi connectivity index (χ1) is 12.9. The molecule has 0 N–H and O–H groups in total. The van der Waals surface area contributed by atoms with Crippen LogP contribution in [0.3, 0.4) is 0 Å². The molecule has 8 nitrogen and oxygen atoms in total. The van der Waals surface area contributed by atoms with Gasteiger partial charge in [0.05, 0.1) is 10.6 Å². The van der Waals surface area contributed by atoms with Crippen LogP contribution >= 0.6 is 11.6 Å². The van der Waals surface area contributed by atoms with Gasteiger partial charge in [-0.3, -0.25) is 19.6 Å². The molecule has 1 aliphatic heterocycles. The molecule has 9 heteroatoms. The highest BCUT2D eigenvalue weighted by molar-refractivity contribution is 6.31. The Balaban J connectivity index is 1.59. The number of amides is 1. The number of carbonyl (C=O) groups is 1. The molecule has 142 valence electrons. The zero-order chi connectivity index (χ0) is 19.6. The summed E-state index contributed by atoms with van der Waals surface area (Å²) in [5.41, 5.74) is 2.51. The Morgan fingerprint density at radius 2 is 1.85 bits per heavy atom. The number of rotatable bonds is 4. The van der Waals surface area contributed by atoms with Crippen LogP contribution in [0.5, 0.6) is 0 Å². The lowest BCUT2D eigenvalue weighted by Gasteiger charge is -2.35. The van der Waals surface area contributed by atoms with E-state index in [2.05, 4.69) is 10.00 Å². The van der Waals surface area contributed by atoms with E-state index in [-0.39, 0.29) is 11.6 Å². The monoisotopic (exact) mass is 389 g/mol. The molecule has 0 atom stereocenters. The molecule has 1 fully saturated rings. The van der Waals surface area contributed by atoms with Gasteiger partial charge in [-0.1, -0.05) is 11.6 Å². The van der Waals surface area contributed by atoms with E-state index in [4.69, 9.17) is 11.6 Å². The van der Waals surface area contributed by atoms with Crippen LogP contribution in [0.25, 0.3) is 6.08 Å². The van der Waals surface area contributed by atoms with E-state index in [9.17, 15) is 14.9 Å². The van der Waals surface area contributed by atoms with Crippen LogP contribution in [-0.2, 0) is 11.8 Å². The van der Waals surface area contributed by atoms with Gasteiger partial charge in [0.2, 0.25) is 5.91 Å². The number of hydrogen-bond acceptors (Lipinski definition) is 5. The predicted molar refractivity (Wildman–Crippen MR) is 104 cm³/mol. The summed E-state index contributed by atoms with van der Waals surface area (Å²) in [5.74, 6) is -0.0716. The Kier molecular flexibility index (Phi) is 5.46. The molecular formula is C18H20ClN5O3. The number of anilines is 1. The number of non-ortho nitro benzene ring substituents is 1.